The van der Waals surface area contributed by atoms with Gasteiger partial charge in [-0.25, -0.2) is 0 Å². The second-order valence-corrected chi connectivity index (χ2v) is 7.24. The molecule has 0 spiro atoms. The molecule has 126 valence electrons. The van der Waals surface area contributed by atoms with Gasteiger partial charge in [-0.2, -0.15) is 0 Å². The quantitative estimate of drug-likeness (QED) is 0.754. The number of hydrogen-bond donors (Lipinski definition) is 1. The molecule has 0 saturated heterocycles. The molecule has 0 radical (unpaired) electrons. The molecule has 0 fully saturated rings. The summed E-state index contributed by atoms with van der Waals surface area (Å²) in [5.74, 6) is -0.210. The van der Waals surface area contributed by atoms with Crippen molar-refractivity contribution in [3.8, 4) is 0 Å². The van der Waals surface area contributed by atoms with Crippen LogP contribution in [0.15, 0.2) is 48.5 Å². The topological polar surface area (TPSA) is 46.2 Å². The van der Waals surface area contributed by atoms with Crippen molar-refractivity contribution in [1.29, 1.82) is 0 Å². The van der Waals surface area contributed by atoms with Crippen molar-refractivity contribution >= 4 is 29.0 Å². The molecule has 0 saturated carbocycles. The smallest absolute Gasteiger partial charge is 0.224 e. The van der Waals surface area contributed by atoms with Crippen LogP contribution in [-0.2, 0) is 10.2 Å². The Balaban J connectivity index is 1.88. The summed E-state index contributed by atoms with van der Waals surface area (Å²) in [4.78, 5) is 24.1. The van der Waals surface area contributed by atoms with Gasteiger partial charge in [0.05, 0.1) is 0 Å². The molecule has 0 aliphatic rings. The molecular formula is C20H22ClNO2. The molecule has 0 aromatic heterocycles. The lowest BCUT2D eigenvalue weighted by Gasteiger charge is -2.18. The maximum Gasteiger partial charge on any atom is 0.224 e. The molecule has 0 aliphatic heterocycles. The number of benzene rings is 2. The van der Waals surface area contributed by atoms with Crippen LogP contribution in [0.2, 0.25) is 5.02 Å². The summed E-state index contributed by atoms with van der Waals surface area (Å²) < 4.78 is 0. The fraction of sp³-hybridized carbons (Fsp3) is 0.300. The van der Waals surface area contributed by atoms with E-state index in [-0.39, 0.29) is 29.9 Å². The fourth-order valence-corrected chi connectivity index (χ4v) is 2.41. The third-order valence-electron chi connectivity index (χ3n) is 3.78. The van der Waals surface area contributed by atoms with Crippen molar-refractivity contribution in [3.63, 3.8) is 0 Å². The van der Waals surface area contributed by atoms with E-state index in [2.05, 4.69) is 26.1 Å². The molecule has 4 heteroatoms. The first-order chi connectivity index (χ1) is 11.3. The molecule has 0 aliphatic carbocycles. The van der Waals surface area contributed by atoms with Gasteiger partial charge in [-0.1, -0.05) is 56.6 Å². The second kappa shape index (κ2) is 7.63. The van der Waals surface area contributed by atoms with Crippen LogP contribution in [0.1, 0.15) is 49.5 Å². The number of halogens is 1. The summed E-state index contributed by atoms with van der Waals surface area (Å²) in [6.45, 7) is 6.39. The number of ketones is 1. The first kappa shape index (κ1) is 18.2. The SMILES string of the molecule is CC(C)(C)c1ccc(C(=O)CCC(=O)Nc2ccc(Cl)cc2)cc1. The Morgan fingerprint density at radius 1 is 0.917 bits per heavy atom. The van der Waals surface area contributed by atoms with E-state index in [4.69, 9.17) is 11.6 Å². The van der Waals surface area contributed by atoms with Crippen LogP contribution >= 0.6 is 11.6 Å². The number of amides is 1. The van der Waals surface area contributed by atoms with E-state index in [9.17, 15) is 9.59 Å². The van der Waals surface area contributed by atoms with Crippen molar-refractivity contribution in [2.45, 2.75) is 39.0 Å². The summed E-state index contributed by atoms with van der Waals surface area (Å²) >= 11 is 5.80. The lowest BCUT2D eigenvalue weighted by Crippen LogP contribution is -2.14. The van der Waals surface area contributed by atoms with E-state index in [0.717, 1.165) is 0 Å². The van der Waals surface area contributed by atoms with E-state index in [1.165, 1.54) is 5.56 Å². The standard InChI is InChI=1S/C20H22ClNO2/c1-20(2,3)15-6-4-14(5-7-15)18(23)12-13-19(24)22-17-10-8-16(21)9-11-17/h4-11H,12-13H2,1-3H3,(H,22,24). The lowest BCUT2D eigenvalue weighted by molar-refractivity contribution is -0.116. The summed E-state index contributed by atoms with van der Waals surface area (Å²) in [6.07, 6.45) is 0.344. The molecule has 1 amide bonds. The molecule has 24 heavy (non-hydrogen) atoms. The fourth-order valence-electron chi connectivity index (χ4n) is 2.28. The molecule has 2 rings (SSSR count). The summed E-state index contributed by atoms with van der Waals surface area (Å²) in [6, 6.07) is 14.5. The molecule has 2 aromatic carbocycles. The van der Waals surface area contributed by atoms with E-state index in [1.54, 1.807) is 24.3 Å². The third-order valence-corrected chi connectivity index (χ3v) is 4.03. The Kier molecular flexibility index (Phi) is 5.79. The van der Waals surface area contributed by atoms with E-state index < -0.39 is 0 Å². The number of carbonyl (C=O) groups excluding carboxylic acids is 2. The van der Waals surface area contributed by atoms with Gasteiger partial charge in [0.1, 0.15) is 0 Å². The van der Waals surface area contributed by atoms with Crippen molar-refractivity contribution in [2.75, 3.05) is 5.32 Å². The average molecular weight is 344 g/mol. The molecule has 1 N–H and O–H groups in total. The minimum absolute atomic E-state index is 0.0262. The maximum atomic E-state index is 12.2. The van der Waals surface area contributed by atoms with Gasteiger partial charge in [0, 0.05) is 29.1 Å². The summed E-state index contributed by atoms with van der Waals surface area (Å²) in [5.41, 5.74) is 2.55. The lowest BCUT2D eigenvalue weighted by atomic mass is 9.86. The van der Waals surface area contributed by atoms with Gasteiger partial charge in [0.2, 0.25) is 5.91 Å². The summed E-state index contributed by atoms with van der Waals surface area (Å²) in [5, 5.41) is 3.37. The molecule has 0 heterocycles. The molecule has 0 unspecified atom stereocenters. The van der Waals surface area contributed by atoms with Crippen molar-refractivity contribution in [3.05, 3.63) is 64.7 Å². The monoisotopic (exact) mass is 343 g/mol. The van der Waals surface area contributed by atoms with Crippen LogP contribution in [0.25, 0.3) is 0 Å². The van der Waals surface area contributed by atoms with Crippen LogP contribution in [0.5, 0.6) is 0 Å². The molecule has 0 atom stereocenters. The second-order valence-electron chi connectivity index (χ2n) is 6.81. The number of carbonyl (C=O) groups is 2. The normalized spacial score (nSPS) is 11.2. The first-order valence-electron chi connectivity index (χ1n) is 7.95. The van der Waals surface area contributed by atoms with Crippen LogP contribution in [-0.4, -0.2) is 11.7 Å². The zero-order valence-electron chi connectivity index (χ0n) is 14.2. The first-order valence-corrected chi connectivity index (χ1v) is 8.33. The van der Waals surface area contributed by atoms with Gasteiger partial charge in [-0.05, 0) is 35.2 Å². The Morgan fingerprint density at radius 2 is 1.50 bits per heavy atom. The highest BCUT2D eigenvalue weighted by Crippen LogP contribution is 2.22. The number of Topliss-reactive ketones (excluding diaryl/α,β-unsaturated/α-hetero) is 1. The van der Waals surface area contributed by atoms with E-state index in [1.807, 2.05) is 24.3 Å². The van der Waals surface area contributed by atoms with Crippen LogP contribution in [0, 0.1) is 0 Å². The minimum atomic E-state index is -0.183. The number of nitrogens with one attached hydrogen (secondary N) is 1. The molecular weight excluding hydrogens is 322 g/mol. The van der Waals surface area contributed by atoms with Crippen LogP contribution < -0.4 is 5.32 Å². The van der Waals surface area contributed by atoms with Crippen molar-refractivity contribution < 1.29 is 9.59 Å². The Bertz CT molecular complexity index is 713. The predicted octanol–water partition coefficient (Wildman–Crippen LogP) is 5.24. The maximum absolute atomic E-state index is 12.2. The zero-order chi connectivity index (χ0) is 17.7. The number of hydrogen-bond acceptors (Lipinski definition) is 2. The Morgan fingerprint density at radius 3 is 2.04 bits per heavy atom. The Labute approximate surface area is 148 Å². The van der Waals surface area contributed by atoms with Crippen molar-refractivity contribution in [2.24, 2.45) is 0 Å². The van der Waals surface area contributed by atoms with Crippen LogP contribution in [0.3, 0.4) is 0 Å². The molecule has 3 nitrogen and oxygen atoms in total. The zero-order valence-corrected chi connectivity index (χ0v) is 15.0. The van der Waals surface area contributed by atoms with Crippen molar-refractivity contribution in [1.82, 2.24) is 0 Å². The van der Waals surface area contributed by atoms with Gasteiger partial charge < -0.3 is 5.32 Å². The highest BCUT2D eigenvalue weighted by atomic mass is 35.5. The summed E-state index contributed by atoms with van der Waals surface area (Å²) in [7, 11) is 0. The molecule has 2 aromatic rings. The number of rotatable bonds is 5. The average Bonchev–Trinajstić information content (AvgIpc) is 2.54. The van der Waals surface area contributed by atoms with Crippen LogP contribution in [0.4, 0.5) is 5.69 Å². The van der Waals surface area contributed by atoms with Gasteiger partial charge in [0.25, 0.3) is 0 Å². The highest BCUT2D eigenvalue weighted by molar-refractivity contribution is 6.30. The Hall–Kier alpha value is -2.13. The minimum Gasteiger partial charge on any atom is -0.326 e. The van der Waals surface area contributed by atoms with Gasteiger partial charge in [0.15, 0.2) is 5.78 Å². The van der Waals surface area contributed by atoms with Gasteiger partial charge >= 0.3 is 0 Å². The molecule has 0 bridgehead atoms. The van der Waals surface area contributed by atoms with E-state index in [0.29, 0.717) is 16.3 Å². The third kappa shape index (κ3) is 5.20. The van der Waals surface area contributed by atoms with Gasteiger partial charge in [-0.15, -0.1) is 0 Å². The van der Waals surface area contributed by atoms with Gasteiger partial charge in [-0.3, -0.25) is 9.59 Å². The number of anilines is 1. The predicted molar refractivity (Wildman–Crippen MR) is 98.8 cm³/mol. The largest absolute Gasteiger partial charge is 0.326 e. The highest BCUT2D eigenvalue weighted by Gasteiger charge is 2.15. The van der Waals surface area contributed by atoms with E-state index >= 15 is 0 Å².